The summed E-state index contributed by atoms with van der Waals surface area (Å²) in [7, 11) is -3.96. The van der Waals surface area contributed by atoms with Crippen molar-refractivity contribution in [1.82, 2.24) is 0 Å². The van der Waals surface area contributed by atoms with Crippen molar-refractivity contribution in [3.8, 4) is 5.75 Å². The Morgan fingerprint density at radius 2 is 1.68 bits per heavy atom. The van der Waals surface area contributed by atoms with Gasteiger partial charge in [-0.1, -0.05) is 0 Å². The summed E-state index contributed by atoms with van der Waals surface area (Å²) in [5.74, 6) is 0.0906. The van der Waals surface area contributed by atoms with E-state index in [2.05, 4.69) is 0 Å². The zero-order valence-electron chi connectivity index (χ0n) is 13.9. The molecule has 0 N–H and O–H groups in total. The molecule has 0 radical (unpaired) electrons. The van der Waals surface area contributed by atoms with Crippen LogP contribution in [0.5, 0.6) is 5.75 Å². The SMILES string of the molecule is CSc1ccc(S(=O)(=O)Oc2ccc3c(C)c(C)c(=O)oc3c2)cc1. The Bertz CT molecular complexity index is 1100. The summed E-state index contributed by atoms with van der Waals surface area (Å²) in [6.45, 7) is 3.51. The van der Waals surface area contributed by atoms with E-state index in [0.717, 1.165) is 15.8 Å². The molecule has 0 amide bonds. The number of thioether (sulfide) groups is 1. The van der Waals surface area contributed by atoms with Crippen molar-refractivity contribution >= 4 is 32.8 Å². The van der Waals surface area contributed by atoms with E-state index in [9.17, 15) is 13.2 Å². The molecule has 0 saturated carbocycles. The summed E-state index contributed by atoms with van der Waals surface area (Å²) >= 11 is 1.52. The van der Waals surface area contributed by atoms with Crippen molar-refractivity contribution in [3.05, 3.63) is 64.0 Å². The molecule has 0 unspecified atom stereocenters. The zero-order chi connectivity index (χ0) is 18.2. The smallest absolute Gasteiger partial charge is 0.339 e. The molecule has 3 aromatic rings. The van der Waals surface area contributed by atoms with Crippen molar-refractivity contribution in [2.45, 2.75) is 23.6 Å². The monoisotopic (exact) mass is 376 g/mol. The first-order chi connectivity index (χ1) is 11.8. The molecule has 2 aromatic carbocycles. The van der Waals surface area contributed by atoms with Gasteiger partial charge in [-0.3, -0.25) is 0 Å². The van der Waals surface area contributed by atoms with Crippen molar-refractivity contribution in [2.24, 2.45) is 0 Å². The first-order valence-corrected chi connectivity index (χ1v) is 10.1. The molecule has 25 heavy (non-hydrogen) atoms. The van der Waals surface area contributed by atoms with Gasteiger partial charge in [0.05, 0.1) is 0 Å². The maximum atomic E-state index is 12.4. The number of benzene rings is 2. The van der Waals surface area contributed by atoms with Crippen LogP contribution in [0.3, 0.4) is 0 Å². The fraction of sp³-hybridized carbons (Fsp3) is 0.167. The standard InChI is InChI=1S/C18H16O5S2/c1-11-12(2)18(19)22-17-10-13(4-9-16(11)17)23-25(20,21)15-7-5-14(24-3)6-8-15/h4-10H,1-3H3. The van der Waals surface area contributed by atoms with Crippen LogP contribution in [-0.4, -0.2) is 14.7 Å². The van der Waals surface area contributed by atoms with E-state index in [-0.39, 0.29) is 10.6 Å². The molecule has 0 bridgehead atoms. The average Bonchev–Trinajstić information content (AvgIpc) is 2.59. The first kappa shape index (κ1) is 17.6. The highest BCUT2D eigenvalue weighted by Crippen LogP contribution is 2.26. The Kier molecular flexibility index (Phi) is 4.62. The number of aryl methyl sites for hydroxylation is 1. The number of fused-ring (bicyclic) bond motifs is 1. The Morgan fingerprint density at radius 3 is 2.32 bits per heavy atom. The van der Waals surface area contributed by atoms with Gasteiger partial charge in [-0.25, -0.2) is 4.79 Å². The van der Waals surface area contributed by atoms with E-state index < -0.39 is 15.7 Å². The van der Waals surface area contributed by atoms with E-state index >= 15 is 0 Å². The van der Waals surface area contributed by atoms with Crippen LogP contribution < -0.4 is 9.81 Å². The quantitative estimate of drug-likeness (QED) is 0.391. The third kappa shape index (κ3) is 3.43. The number of hydrogen-bond acceptors (Lipinski definition) is 6. The topological polar surface area (TPSA) is 73.6 Å². The molecule has 5 nitrogen and oxygen atoms in total. The molecular weight excluding hydrogens is 360 g/mol. The van der Waals surface area contributed by atoms with Gasteiger partial charge >= 0.3 is 15.7 Å². The summed E-state index contributed by atoms with van der Waals surface area (Å²) < 4.78 is 35.2. The van der Waals surface area contributed by atoms with Gasteiger partial charge in [0, 0.05) is 21.9 Å². The summed E-state index contributed by atoms with van der Waals surface area (Å²) in [5.41, 5.74) is 1.17. The van der Waals surface area contributed by atoms with E-state index in [4.69, 9.17) is 8.60 Å². The highest BCUT2D eigenvalue weighted by atomic mass is 32.2. The maximum absolute atomic E-state index is 12.4. The fourth-order valence-corrected chi connectivity index (χ4v) is 3.73. The van der Waals surface area contributed by atoms with E-state index in [0.29, 0.717) is 11.1 Å². The lowest BCUT2D eigenvalue weighted by molar-refractivity contribution is 0.485. The van der Waals surface area contributed by atoms with Gasteiger partial charge in [-0.05, 0) is 62.1 Å². The van der Waals surface area contributed by atoms with Crippen molar-refractivity contribution in [1.29, 1.82) is 0 Å². The fourth-order valence-electron chi connectivity index (χ4n) is 2.40. The summed E-state index contributed by atoms with van der Waals surface area (Å²) in [4.78, 5) is 12.8. The first-order valence-electron chi connectivity index (χ1n) is 7.44. The minimum atomic E-state index is -3.96. The van der Waals surface area contributed by atoms with Crippen molar-refractivity contribution in [2.75, 3.05) is 6.26 Å². The third-order valence-electron chi connectivity index (χ3n) is 3.98. The molecule has 0 saturated heterocycles. The van der Waals surface area contributed by atoms with Gasteiger partial charge in [0.2, 0.25) is 0 Å². The molecule has 0 aliphatic rings. The Labute approximate surface area is 149 Å². The molecular formula is C18H16O5S2. The summed E-state index contributed by atoms with van der Waals surface area (Å²) in [6.07, 6.45) is 1.91. The van der Waals surface area contributed by atoms with E-state index in [1.165, 1.54) is 30.0 Å². The highest BCUT2D eigenvalue weighted by molar-refractivity contribution is 7.98. The largest absolute Gasteiger partial charge is 0.422 e. The lowest BCUT2D eigenvalue weighted by Crippen LogP contribution is -2.10. The van der Waals surface area contributed by atoms with Crippen LogP contribution in [-0.2, 0) is 10.1 Å². The van der Waals surface area contributed by atoms with Gasteiger partial charge in [0.15, 0.2) is 0 Å². The third-order valence-corrected chi connectivity index (χ3v) is 5.99. The second kappa shape index (κ2) is 6.57. The number of hydrogen-bond donors (Lipinski definition) is 0. The molecule has 0 aliphatic heterocycles. The Hall–Kier alpha value is -2.25. The Balaban J connectivity index is 1.99. The van der Waals surface area contributed by atoms with Gasteiger partial charge in [-0.2, -0.15) is 8.42 Å². The molecule has 130 valence electrons. The van der Waals surface area contributed by atoms with Crippen LogP contribution in [0.1, 0.15) is 11.1 Å². The zero-order valence-corrected chi connectivity index (χ0v) is 15.5. The van der Waals surface area contributed by atoms with E-state index in [1.807, 2.05) is 13.2 Å². The highest BCUT2D eigenvalue weighted by Gasteiger charge is 2.17. The molecule has 0 fully saturated rings. The van der Waals surface area contributed by atoms with Crippen LogP contribution >= 0.6 is 11.8 Å². The molecule has 1 aromatic heterocycles. The number of rotatable bonds is 4. The van der Waals surface area contributed by atoms with Crippen LogP contribution in [0, 0.1) is 13.8 Å². The maximum Gasteiger partial charge on any atom is 0.339 e. The minimum Gasteiger partial charge on any atom is -0.422 e. The van der Waals surface area contributed by atoms with Gasteiger partial charge in [0.25, 0.3) is 0 Å². The van der Waals surface area contributed by atoms with Crippen LogP contribution in [0.4, 0.5) is 0 Å². The van der Waals surface area contributed by atoms with Crippen molar-refractivity contribution in [3.63, 3.8) is 0 Å². The molecule has 0 spiro atoms. The minimum absolute atomic E-state index is 0.0620. The predicted molar refractivity (Wildman–Crippen MR) is 98.0 cm³/mol. The second-order valence-electron chi connectivity index (χ2n) is 5.51. The summed E-state index contributed by atoms with van der Waals surface area (Å²) in [5, 5.41) is 0.742. The normalized spacial score (nSPS) is 11.6. The molecule has 0 aliphatic carbocycles. The van der Waals surface area contributed by atoms with Crippen LogP contribution in [0.15, 0.2) is 61.5 Å². The van der Waals surface area contributed by atoms with Gasteiger partial charge in [0.1, 0.15) is 16.2 Å². The van der Waals surface area contributed by atoms with Crippen molar-refractivity contribution < 1.29 is 17.0 Å². The predicted octanol–water partition coefficient (Wildman–Crippen LogP) is 3.90. The Morgan fingerprint density at radius 1 is 1.00 bits per heavy atom. The molecule has 3 rings (SSSR count). The van der Waals surface area contributed by atoms with Gasteiger partial charge in [-0.15, -0.1) is 11.8 Å². The van der Waals surface area contributed by atoms with E-state index in [1.54, 1.807) is 31.2 Å². The lowest BCUT2D eigenvalue weighted by atomic mass is 10.1. The molecule has 7 heteroatoms. The van der Waals surface area contributed by atoms with Crippen LogP contribution in [0.2, 0.25) is 0 Å². The molecule has 0 atom stereocenters. The lowest BCUT2D eigenvalue weighted by Gasteiger charge is -2.09. The second-order valence-corrected chi connectivity index (χ2v) is 7.94. The molecule has 1 heterocycles. The summed E-state index contributed by atoms with van der Waals surface area (Å²) in [6, 6.07) is 11.1. The van der Waals surface area contributed by atoms with Gasteiger partial charge < -0.3 is 8.60 Å². The average molecular weight is 376 g/mol. The van der Waals surface area contributed by atoms with Crippen LogP contribution in [0.25, 0.3) is 11.0 Å².